The highest BCUT2D eigenvalue weighted by Gasteiger charge is 2.17. The first-order valence-electron chi connectivity index (χ1n) is 5.08. The van der Waals surface area contributed by atoms with Crippen LogP contribution in [-0.2, 0) is 4.79 Å². The number of carboxylic acid groups (broad SMARTS) is 1. The lowest BCUT2D eigenvalue weighted by Crippen LogP contribution is -2.42. The van der Waals surface area contributed by atoms with Crippen LogP contribution >= 0.6 is 0 Å². The second kappa shape index (κ2) is 5.83. The molecule has 0 aliphatic rings. The van der Waals surface area contributed by atoms with Crippen molar-refractivity contribution in [1.82, 2.24) is 5.32 Å². The molecule has 0 aromatic heterocycles. The number of amides is 2. The molecule has 0 aliphatic carbocycles. The molecule has 0 saturated heterocycles. The standard InChI is InChI=1S/C11H13FN2O3/c1-2-9(10(15)16)14-11(17)13-8-5-3-7(12)4-6-8/h3-6,9H,2H2,1H3,(H,15,16)(H2,13,14,17)/t9-/m1/s1. The van der Waals surface area contributed by atoms with Gasteiger partial charge >= 0.3 is 12.0 Å². The maximum absolute atomic E-state index is 12.6. The monoisotopic (exact) mass is 240 g/mol. The number of hydrogen-bond acceptors (Lipinski definition) is 2. The molecule has 1 aromatic carbocycles. The topological polar surface area (TPSA) is 78.4 Å². The Labute approximate surface area is 97.6 Å². The third-order valence-electron chi connectivity index (χ3n) is 2.11. The third-order valence-corrected chi connectivity index (χ3v) is 2.11. The molecule has 1 atom stereocenters. The number of carbonyl (C=O) groups excluding carboxylic acids is 1. The summed E-state index contributed by atoms with van der Waals surface area (Å²) < 4.78 is 12.6. The number of halogens is 1. The lowest BCUT2D eigenvalue weighted by Gasteiger charge is -2.13. The van der Waals surface area contributed by atoms with Gasteiger partial charge < -0.3 is 15.7 Å². The van der Waals surface area contributed by atoms with Gasteiger partial charge in [0.25, 0.3) is 0 Å². The Morgan fingerprint density at radius 3 is 2.41 bits per heavy atom. The maximum atomic E-state index is 12.6. The molecule has 6 heteroatoms. The van der Waals surface area contributed by atoms with Crippen LogP contribution in [0.4, 0.5) is 14.9 Å². The van der Waals surface area contributed by atoms with Gasteiger partial charge in [0, 0.05) is 5.69 Å². The van der Waals surface area contributed by atoms with Crippen LogP contribution in [0.5, 0.6) is 0 Å². The van der Waals surface area contributed by atoms with Gasteiger partial charge in [-0.25, -0.2) is 14.0 Å². The quantitative estimate of drug-likeness (QED) is 0.751. The normalized spacial score (nSPS) is 11.6. The summed E-state index contributed by atoms with van der Waals surface area (Å²) >= 11 is 0. The highest BCUT2D eigenvalue weighted by Crippen LogP contribution is 2.07. The number of hydrogen-bond donors (Lipinski definition) is 3. The molecule has 3 N–H and O–H groups in total. The number of carbonyl (C=O) groups is 2. The zero-order valence-corrected chi connectivity index (χ0v) is 9.24. The molecule has 17 heavy (non-hydrogen) atoms. The second-order valence-corrected chi connectivity index (χ2v) is 3.40. The first-order valence-corrected chi connectivity index (χ1v) is 5.08. The minimum atomic E-state index is -1.10. The van der Waals surface area contributed by atoms with Gasteiger partial charge in [0.05, 0.1) is 0 Å². The van der Waals surface area contributed by atoms with Gasteiger partial charge in [0.15, 0.2) is 0 Å². The Kier molecular flexibility index (Phi) is 4.45. The van der Waals surface area contributed by atoms with E-state index in [1.807, 2.05) is 0 Å². The van der Waals surface area contributed by atoms with Crippen molar-refractivity contribution >= 4 is 17.7 Å². The van der Waals surface area contributed by atoms with Crippen molar-refractivity contribution in [2.24, 2.45) is 0 Å². The number of urea groups is 1. The molecule has 0 saturated carbocycles. The molecular formula is C11H13FN2O3. The lowest BCUT2D eigenvalue weighted by atomic mass is 10.2. The fourth-order valence-corrected chi connectivity index (χ4v) is 1.20. The van der Waals surface area contributed by atoms with Gasteiger partial charge in [-0.05, 0) is 30.7 Å². The van der Waals surface area contributed by atoms with E-state index in [9.17, 15) is 14.0 Å². The number of anilines is 1. The van der Waals surface area contributed by atoms with Gasteiger partial charge in [-0.1, -0.05) is 6.92 Å². The first kappa shape index (κ1) is 13.0. The van der Waals surface area contributed by atoms with Crippen LogP contribution in [0, 0.1) is 5.82 Å². The lowest BCUT2D eigenvalue weighted by molar-refractivity contribution is -0.139. The molecule has 0 fully saturated rings. The van der Waals surface area contributed by atoms with Gasteiger partial charge in [0.2, 0.25) is 0 Å². The van der Waals surface area contributed by atoms with Gasteiger partial charge in [-0.3, -0.25) is 0 Å². The van der Waals surface area contributed by atoms with Gasteiger partial charge in [-0.2, -0.15) is 0 Å². The summed E-state index contributed by atoms with van der Waals surface area (Å²) in [4.78, 5) is 22.1. The number of nitrogens with one attached hydrogen (secondary N) is 2. The van der Waals surface area contributed by atoms with Crippen molar-refractivity contribution in [2.75, 3.05) is 5.32 Å². The van der Waals surface area contributed by atoms with E-state index in [1.54, 1.807) is 6.92 Å². The van der Waals surface area contributed by atoms with Gasteiger partial charge in [0.1, 0.15) is 11.9 Å². The van der Waals surface area contributed by atoms with Crippen LogP contribution in [-0.4, -0.2) is 23.1 Å². The van der Waals surface area contributed by atoms with Crippen LogP contribution in [0.25, 0.3) is 0 Å². The van der Waals surface area contributed by atoms with Crippen LogP contribution in [0.2, 0.25) is 0 Å². The summed E-state index contributed by atoms with van der Waals surface area (Å²) in [5.74, 6) is -1.50. The van der Waals surface area contributed by atoms with Crippen LogP contribution < -0.4 is 10.6 Å². The molecule has 0 spiro atoms. The zero-order chi connectivity index (χ0) is 12.8. The Morgan fingerprint density at radius 2 is 1.94 bits per heavy atom. The number of carboxylic acids is 1. The predicted molar refractivity (Wildman–Crippen MR) is 60.3 cm³/mol. The number of benzene rings is 1. The average Bonchev–Trinajstić information content (AvgIpc) is 2.28. The molecule has 0 aliphatic heterocycles. The summed E-state index contributed by atoms with van der Waals surface area (Å²) in [7, 11) is 0. The Bertz CT molecular complexity index is 406. The van der Waals surface area contributed by atoms with Crippen molar-refractivity contribution in [3.63, 3.8) is 0 Å². The van der Waals surface area contributed by atoms with Crippen molar-refractivity contribution in [3.05, 3.63) is 30.1 Å². The summed E-state index contributed by atoms with van der Waals surface area (Å²) in [6, 6.07) is 3.60. The van der Waals surface area contributed by atoms with Gasteiger partial charge in [-0.15, -0.1) is 0 Å². The van der Waals surface area contributed by atoms with E-state index in [4.69, 9.17) is 5.11 Å². The van der Waals surface area contributed by atoms with E-state index in [2.05, 4.69) is 10.6 Å². The molecule has 1 aromatic rings. The van der Waals surface area contributed by atoms with E-state index >= 15 is 0 Å². The predicted octanol–water partition coefficient (Wildman–Crippen LogP) is 1.81. The summed E-state index contributed by atoms with van der Waals surface area (Å²) in [5, 5.41) is 13.4. The largest absolute Gasteiger partial charge is 0.480 e. The number of rotatable bonds is 4. The molecule has 2 amide bonds. The fraction of sp³-hybridized carbons (Fsp3) is 0.273. The SMILES string of the molecule is CC[C@@H](NC(=O)Nc1ccc(F)cc1)C(=O)O. The zero-order valence-electron chi connectivity index (χ0n) is 9.24. The second-order valence-electron chi connectivity index (χ2n) is 3.40. The van der Waals surface area contributed by atoms with Crippen molar-refractivity contribution in [3.8, 4) is 0 Å². The summed E-state index contributed by atoms with van der Waals surface area (Å²) in [6.07, 6.45) is 0.284. The smallest absolute Gasteiger partial charge is 0.326 e. The third kappa shape index (κ3) is 4.10. The van der Waals surface area contributed by atoms with E-state index in [-0.39, 0.29) is 6.42 Å². The van der Waals surface area contributed by atoms with Crippen LogP contribution in [0.1, 0.15) is 13.3 Å². The van der Waals surface area contributed by atoms with Crippen LogP contribution in [0.3, 0.4) is 0 Å². The number of aliphatic carboxylic acids is 1. The Balaban J connectivity index is 2.54. The Morgan fingerprint density at radius 1 is 1.35 bits per heavy atom. The molecule has 1 rings (SSSR count). The molecule has 0 bridgehead atoms. The fourth-order valence-electron chi connectivity index (χ4n) is 1.20. The highest BCUT2D eigenvalue weighted by molar-refractivity contribution is 5.92. The summed E-state index contributed by atoms with van der Waals surface area (Å²) in [5.41, 5.74) is 0.393. The van der Waals surface area contributed by atoms with Crippen molar-refractivity contribution in [2.45, 2.75) is 19.4 Å². The molecule has 0 radical (unpaired) electrons. The van der Waals surface area contributed by atoms with E-state index in [1.165, 1.54) is 24.3 Å². The maximum Gasteiger partial charge on any atom is 0.326 e. The Hall–Kier alpha value is -2.11. The van der Waals surface area contributed by atoms with Crippen molar-refractivity contribution in [1.29, 1.82) is 0 Å². The van der Waals surface area contributed by atoms with E-state index in [0.29, 0.717) is 5.69 Å². The first-order chi connectivity index (χ1) is 8.02. The van der Waals surface area contributed by atoms with E-state index < -0.39 is 23.9 Å². The van der Waals surface area contributed by atoms with E-state index in [0.717, 1.165) is 0 Å². The minimum Gasteiger partial charge on any atom is -0.480 e. The molecule has 0 unspecified atom stereocenters. The average molecular weight is 240 g/mol. The minimum absolute atomic E-state index is 0.284. The molecule has 5 nitrogen and oxygen atoms in total. The molecule has 0 heterocycles. The summed E-state index contributed by atoms with van der Waals surface area (Å²) in [6.45, 7) is 1.65. The molecular weight excluding hydrogens is 227 g/mol. The van der Waals surface area contributed by atoms with Crippen LogP contribution in [0.15, 0.2) is 24.3 Å². The molecule has 92 valence electrons. The van der Waals surface area contributed by atoms with Crippen molar-refractivity contribution < 1.29 is 19.1 Å². The highest BCUT2D eigenvalue weighted by atomic mass is 19.1.